The Morgan fingerprint density at radius 2 is 1.88 bits per heavy atom. The number of anilines is 2. The number of aromatic nitrogens is 4. The van der Waals surface area contributed by atoms with Crippen molar-refractivity contribution in [3.05, 3.63) is 80.1 Å². The fourth-order valence-corrected chi connectivity index (χ4v) is 9.26. The molecule has 17 heteroatoms. The summed E-state index contributed by atoms with van der Waals surface area (Å²) in [5.74, 6) is 5.99. The van der Waals surface area contributed by atoms with Crippen LogP contribution in [0.2, 0.25) is 25.7 Å². The largest absolute Gasteiger partial charge is 0.493 e. The molecule has 2 aromatic carbocycles. The Bertz CT molecular complexity index is 2410. The molecule has 6 rings (SSSR count). The Hall–Kier alpha value is -4.60. The number of fused-ring (bicyclic) bond motifs is 2. The number of alkyl halides is 3. The number of esters is 1. The van der Waals surface area contributed by atoms with Gasteiger partial charge in [-0.25, -0.2) is 9.78 Å². The lowest BCUT2D eigenvalue weighted by atomic mass is 10.0. The summed E-state index contributed by atoms with van der Waals surface area (Å²) in [7, 11) is 2.42. The highest BCUT2D eigenvalue weighted by Crippen LogP contribution is 2.40. The van der Waals surface area contributed by atoms with E-state index in [1.807, 2.05) is 43.0 Å². The minimum absolute atomic E-state index is 0.0157. The Labute approximate surface area is 351 Å². The van der Waals surface area contributed by atoms with Crippen LogP contribution in [0, 0.1) is 18.8 Å². The molecule has 0 saturated carbocycles. The lowest BCUT2D eigenvalue weighted by molar-refractivity contribution is -0.139. The molecular formula is C42H50F3N7O4S2Si. The average Bonchev–Trinajstić information content (AvgIpc) is 3.77. The second-order valence-electron chi connectivity index (χ2n) is 15.6. The van der Waals surface area contributed by atoms with Gasteiger partial charge in [-0.2, -0.15) is 18.2 Å². The van der Waals surface area contributed by atoms with Crippen LogP contribution in [0.5, 0.6) is 5.75 Å². The highest BCUT2D eigenvalue weighted by atomic mass is 32.1. The van der Waals surface area contributed by atoms with Gasteiger partial charge < -0.3 is 19.1 Å². The lowest BCUT2D eigenvalue weighted by Crippen LogP contribution is -2.27. The van der Waals surface area contributed by atoms with Crippen LogP contribution in [-0.4, -0.2) is 85.7 Å². The van der Waals surface area contributed by atoms with Crippen LogP contribution in [0.15, 0.2) is 47.5 Å². The molecule has 0 atom stereocenters. The first-order valence-electron chi connectivity index (χ1n) is 19.6. The normalized spacial score (nSPS) is 13.5. The summed E-state index contributed by atoms with van der Waals surface area (Å²) in [6.45, 7) is 13.0. The molecule has 0 unspecified atom stereocenters. The van der Waals surface area contributed by atoms with Gasteiger partial charge in [0.05, 0.1) is 35.5 Å². The highest BCUT2D eigenvalue weighted by molar-refractivity contribution is 7.16. The Morgan fingerprint density at radius 3 is 2.63 bits per heavy atom. The maximum atomic E-state index is 14.0. The van der Waals surface area contributed by atoms with Gasteiger partial charge in [0, 0.05) is 42.8 Å². The van der Waals surface area contributed by atoms with E-state index in [0.29, 0.717) is 60.9 Å². The quantitative estimate of drug-likeness (QED) is 0.0441. The van der Waals surface area contributed by atoms with E-state index in [1.54, 1.807) is 18.3 Å². The summed E-state index contributed by atoms with van der Waals surface area (Å²) >= 11 is 2.91. The maximum Gasteiger partial charge on any atom is 0.420 e. The molecule has 3 aromatic heterocycles. The monoisotopic (exact) mass is 865 g/mol. The van der Waals surface area contributed by atoms with E-state index in [9.17, 15) is 18.0 Å². The molecule has 1 aliphatic heterocycles. The molecule has 0 saturated heterocycles. The van der Waals surface area contributed by atoms with Gasteiger partial charge in [-0.3, -0.25) is 9.47 Å². The SMILES string of the molecule is CCOC(=O)c1nc(N2CCCc3c2nnc(N=c2sc4ccccc4n2COCC[Si](C)(C)C)c3C)sc1CCCOc1ccc(C#CCN(C)C)cc1C(F)(F)F. The van der Waals surface area contributed by atoms with Gasteiger partial charge in [-0.05, 0) is 90.0 Å². The minimum atomic E-state index is -4.62. The zero-order chi connectivity index (χ0) is 42.3. The molecule has 0 fully saturated rings. The molecule has 0 radical (unpaired) electrons. The number of hydrogen-bond donors (Lipinski definition) is 0. The van der Waals surface area contributed by atoms with Crippen LogP contribution in [0.1, 0.15) is 57.4 Å². The molecule has 5 aromatic rings. The van der Waals surface area contributed by atoms with Crippen molar-refractivity contribution >= 4 is 63.7 Å². The third-order valence-corrected chi connectivity index (χ3v) is 13.4. The first kappa shape index (κ1) is 44.0. The lowest BCUT2D eigenvalue weighted by Gasteiger charge is -2.28. The summed E-state index contributed by atoms with van der Waals surface area (Å²) in [4.78, 5) is 28.1. The molecule has 0 aliphatic carbocycles. The molecule has 0 spiro atoms. The third kappa shape index (κ3) is 11.2. The van der Waals surface area contributed by atoms with Gasteiger partial charge in [-0.15, -0.1) is 21.5 Å². The summed E-state index contributed by atoms with van der Waals surface area (Å²) in [5, 5.41) is 9.86. The number of carbonyl (C=O) groups excluding carboxylic acids is 1. The van der Waals surface area contributed by atoms with Crippen molar-refractivity contribution in [3.8, 4) is 17.6 Å². The predicted octanol–water partition coefficient (Wildman–Crippen LogP) is 9.01. The Morgan fingerprint density at radius 1 is 1.08 bits per heavy atom. The van der Waals surface area contributed by atoms with Crippen molar-refractivity contribution in [2.45, 2.75) is 78.1 Å². The zero-order valence-electron chi connectivity index (χ0n) is 34.5. The molecule has 4 heterocycles. The van der Waals surface area contributed by atoms with E-state index in [2.05, 4.69) is 58.4 Å². The molecule has 0 bridgehead atoms. The standard InChI is InChI=1S/C42H50F3N7O4S2Si/c1-8-55-39(53)36-35(18-13-23-56-33-20-19-29(14-11-21-50(3)4)26-31(33)42(43,44)45)58-40(46-36)51-22-12-15-30-28(2)37(48-49-38(30)51)47-41-52(27-54-24-25-59(5,6)7)32-16-9-10-17-34(32)57-41/h9-10,16-17,19-20,26H,8,12-13,15,18,21-25,27H2,1-7H3. The van der Waals surface area contributed by atoms with Gasteiger partial charge in [0.25, 0.3) is 0 Å². The van der Waals surface area contributed by atoms with Crippen LogP contribution in [-0.2, 0) is 35.2 Å². The third-order valence-electron chi connectivity index (χ3n) is 9.47. The average molecular weight is 866 g/mol. The van der Waals surface area contributed by atoms with Gasteiger partial charge in [-0.1, -0.05) is 55.0 Å². The number of hydrogen-bond acceptors (Lipinski definition) is 12. The first-order valence-corrected chi connectivity index (χ1v) is 25.0. The fraction of sp³-hybridized carbons (Fsp3) is 0.452. The van der Waals surface area contributed by atoms with Gasteiger partial charge >= 0.3 is 12.1 Å². The number of ether oxygens (including phenoxy) is 3. The molecule has 1 aliphatic rings. The highest BCUT2D eigenvalue weighted by Gasteiger charge is 2.35. The molecule has 11 nitrogen and oxygen atoms in total. The maximum absolute atomic E-state index is 14.0. The minimum Gasteiger partial charge on any atom is -0.493 e. The predicted molar refractivity (Wildman–Crippen MR) is 230 cm³/mol. The fourth-order valence-electron chi connectivity index (χ4n) is 6.37. The van der Waals surface area contributed by atoms with Crippen molar-refractivity contribution < 1.29 is 32.2 Å². The number of thiazole rings is 2. The van der Waals surface area contributed by atoms with E-state index >= 15 is 0 Å². The molecular weight excluding hydrogens is 816 g/mol. The molecule has 0 amide bonds. The van der Waals surface area contributed by atoms with Crippen LogP contribution in [0.25, 0.3) is 10.2 Å². The number of aryl methyl sites for hydroxylation is 1. The number of benzene rings is 2. The molecule has 59 heavy (non-hydrogen) atoms. The van der Waals surface area contributed by atoms with Crippen molar-refractivity contribution in [1.29, 1.82) is 0 Å². The summed E-state index contributed by atoms with van der Waals surface area (Å²) in [5.41, 5.74) is 2.50. The van der Waals surface area contributed by atoms with Crippen LogP contribution in [0.3, 0.4) is 0 Å². The Balaban J connectivity index is 1.22. The van der Waals surface area contributed by atoms with E-state index in [-0.39, 0.29) is 30.2 Å². The number of nitrogens with zero attached hydrogens (tertiary/aromatic N) is 7. The van der Waals surface area contributed by atoms with E-state index in [4.69, 9.17) is 24.2 Å². The van der Waals surface area contributed by atoms with Gasteiger partial charge in [0.2, 0.25) is 0 Å². The number of para-hydroxylation sites is 1. The molecule has 314 valence electrons. The van der Waals surface area contributed by atoms with E-state index in [1.165, 1.54) is 23.5 Å². The molecule has 0 N–H and O–H groups in total. The summed E-state index contributed by atoms with van der Waals surface area (Å²) < 4.78 is 62.4. The van der Waals surface area contributed by atoms with Gasteiger partial charge in [0.15, 0.2) is 27.3 Å². The second-order valence-corrected chi connectivity index (χ2v) is 23.3. The Kier molecular flexibility index (Phi) is 14.3. The number of rotatable bonds is 15. The second kappa shape index (κ2) is 19.2. The van der Waals surface area contributed by atoms with Crippen LogP contribution in [0.4, 0.5) is 29.9 Å². The number of halogens is 3. The zero-order valence-corrected chi connectivity index (χ0v) is 37.2. The van der Waals surface area contributed by atoms with Crippen molar-refractivity contribution in [2.75, 3.05) is 51.9 Å². The smallest absolute Gasteiger partial charge is 0.420 e. The number of carbonyl (C=O) groups is 1. The van der Waals surface area contributed by atoms with Crippen molar-refractivity contribution in [2.24, 2.45) is 4.99 Å². The van der Waals surface area contributed by atoms with Crippen LogP contribution < -0.4 is 14.4 Å². The topological polar surface area (TPSA) is 107 Å². The van der Waals surface area contributed by atoms with Crippen LogP contribution >= 0.6 is 22.7 Å². The summed E-state index contributed by atoms with van der Waals surface area (Å²) in [6.07, 6.45) is -2.38. The summed E-state index contributed by atoms with van der Waals surface area (Å²) in [6, 6.07) is 13.1. The first-order chi connectivity index (χ1) is 28.1. The van der Waals surface area contributed by atoms with Gasteiger partial charge in [0.1, 0.15) is 12.5 Å². The van der Waals surface area contributed by atoms with Crippen molar-refractivity contribution in [1.82, 2.24) is 24.6 Å². The van der Waals surface area contributed by atoms with E-state index < -0.39 is 25.8 Å². The van der Waals surface area contributed by atoms with Crippen molar-refractivity contribution in [3.63, 3.8) is 0 Å². The van der Waals surface area contributed by atoms with E-state index in [0.717, 1.165) is 51.1 Å².